The van der Waals surface area contributed by atoms with Crippen LogP contribution in [0.4, 0.5) is 0 Å². The van der Waals surface area contributed by atoms with Crippen molar-refractivity contribution in [3.63, 3.8) is 0 Å². The van der Waals surface area contributed by atoms with Crippen molar-refractivity contribution < 1.29 is 9.90 Å². The van der Waals surface area contributed by atoms with Gasteiger partial charge < -0.3 is 10.0 Å². The van der Waals surface area contributed by atoms with Crippen LogP contribution in [0.15, 0.2) is 18.2 Å². The molecule has 26 heavy (non-hydrogen) atoms. The van der Waals surface area contributed by atoms with Gasteiger partial charge in [-0.1, -0.05) is 24.6 Å². The Morgan fingerprint density at radius 2 is 2.12 bits per heavy atom. The number of halogens is 1. The molecule has 1 aromatic heterocycles. The fraction of sp³-hybridized carbons (Fsp3) is 0.600. The summed E-state index contributed by atoms with van der Waals surface area (Å²) in [5, 5.41) is 12.4. The lowest BCUT2D eigenvalue weighted by molar-refractivity contribution is -0.174. The van der Waals surface area contributed by atoms with E-state index in [0.29, 0.717) is 17.4 Å². The molecular weight excluding hydrogens is 368 g/mol. The van der Waals surface area contributed by atoms with E-state index in [2.05, 4.69) is 16.8 Å². The number of aromatic nitrogens is 1. The van der Waals surface area contributed by atoms with Crippen LogP contribution in [0.25, 0.3) is 10.2 Å². The SMILES string of the molecule is CC(CC(=O)N1C2CC3CC1CC(O)(C3)C2)c1nc2c(Cl)cccc2s1. The van der Waals surface area contributed by atoms with Crippen LogP contribution in [0.5, 0.6) is 0 Å². The highest BCUT2D eigenvalue weighted by atomic mass is 35.5. The number of carbonyl (C=O) groups is 1. The van der Waals surface area contributed by atoms with Gasteiger partial charge in [-0.2, -0.15) is 0 Å². The molecule has 3 heterocycles. The molecule has 1 amide bonds. The third-order valence-electron chi connectivity index (χ3n) is 6.47. The zero-order chi connectivity index (χ0) is 18.1. The summed E-state index contributed by atoms with van der Waals surface area (Å²) < 4.78 is 1.07. The molecular formula is C20H23ClN2O2S. The summed E-state index contributed by atoms with van der Waals surface area (Å²) in [6.45, 7) is 2.08. The summed E-state index contributed by atoms with van der Waals surface area (Å²) in [5.41, 5.74) is 0.327. The van der Waals surface area contributed by atoms with Crippen LogP contribution < -0.4 is 0 Å². The highest BCUT2D eigenvalue weighted by molar-refractivity contribution is 7.18. The zero-order valence-corrected chi connectivity index (χ0v) is 16.4. The number of para-hydroxylation sites is 1. The minimum Gasteiger partial charge on any atom is -0.390 e. The molecule has 3 atom stereocenters. The molecule has 2 aromatic rings. The maximum absolute atomic E-state index is 13.1. The number of aliphatic hydroxyl groups is 1. The molecule has 138 valence electrons. The first kappa shape index (κ1) is 17.0. The minimum absolute atomic E-state index is 0.0799. The van der Waals surface area contributed by atoms with Crippen molar-refractivity contribution in [2.75, 3.05) is 0 Å². The molecule has 4 fully saturated rings. The second-order valence-corrected chi connectivity index (χ2v) is 10.00. The number of nitrogens with zero attached hydrogens (tertiary/aromatic N) is 2. The van der Waals surface area contributed by atoms with Crippen molar-refractivity contribution >= 4 is 39.1 Å². The van der Waals surface area contributed by atoms with Crippen LogP contribution in [-0.2, 0) is 4.79 Å². The molecule has 3 unspecified atom stereocenters. The molecule has 4 bridgehead atoms. The first-order chi connectivity index (χ1) is 12.4. The minimum atomic E-state index is -0.511. The van der Waals surface area contributed by atoms with E-state index in [1.54, 1.807) is 11.3 Å². The summed E-state index contributed by atoms with van der Waals surface area (Å²) in [6, 6.07) is 6.28. The summed E-state index contributed by atoms with van der Waals surface area (Å²) in [4.78, 5) is 19.9. The van der Waals surface area contributed by atoms with E-state index < -0.39 is 5.60 Å². The highest BCUT2D eigenvalue weighted by Gasteiger charge is 2.54. The molecule has 2 aliphatic carbocycles. The van der Waals surface area contributed by atoms with Gasteiger partial charge in [-0.05, 0) is 50.2 Å². The smallest absolute Gasteiger partial charge is 0.223 e. The molecule has 4 nitrogen and oxygen atoms in total. The van der Waals surface area contributed by atoms with Gasteiger partial charge in [-0.3, -0.25) is 4.79 Å². The van der Waals surface area contributed by atoms with Gasteiger partial charge in [-0.15, -0.1) is 11.3 Å². The van der Waals surface area contributed by atoms with Gasteiger partial charge in [0.25, 0.3) is 0 Å². The predicted molar refractivity (Wildman–Crippen MR) is 104 cm³/mol. The molecule has 1 aromatic carbocycles. The summed E-state index contributed by atoms with van der Waals surface area (Å²) in [7, 11) is 0. The summed E-state index contributed by atoms with van der Waals surface area (Å²) in [6.07, 6.45) is 5.07. The van der Waals surface area contributed by atoms with Gasteiger partial charge in [0, 0.05) is 24.4 Å². The van der Waals surface area contributed by atoms with Gasteiger partial charge in [0.15, 0.2) is 0 Å². The second kappa shape index (κ2) is 5.91. The van der Waals surface area contributed by atoms with E-state index in [-0.39, 0.29) is 23.9 Å². The Balaban J connectivity index is 1.34. The topological polar surface area (TPSA) is 53.4 Å². The van der Waals surface area contributed by atoms with Crippen LogP contribution in [0.1, 0.15) is 56.4 Å². The Morgan fingerprint density at radius 3 is 2.77 bits per heavy atom. The van der Waals surface area contributed by atoms with Gasteiger partial charge in [-0.25, -0.2) is 4.98 Å². The largest absolute Gasteiger partial charge is 0.390 e. The van der Waals surface area contributed by atoms with Crippen LogP contribution in [0.3, 0.4) is 0 Å². The number of carbonyl (C=O) groups excluding carboxylic acids is 1. The van der Waals surface area contributed by atoms with E-state index in [1.807, 2.05) is 18.2 Å². The Labute approximate surface area is 162 Å². The third-order valence-corrected chi connectivity index (χ3v) is 8.03. The molecule has 1 N–H and O–H groups in total. The maximum atomic E-state index is 13.1. The van der Waals surface area contributed by atoms with Gasteiger partial charge in [0.05, 0.1) is 20.3 Å². The van der Waals surface area contributed by atoms with Crippen molar-refractivity contribution in [1.82, 2.24) is 9.88 Å². The highest BCUT2D eigenvalue weighted by Crippen LogP contribution is 2.51. The van der Waals surface area contributed by atoms with Crippen molar-refractivity contribution in [1.29, 1.82) is 0 Å². The van der Waals surface area contributed by atoms with E-state index in [4.69, 9.17) is 11.6 Å². The number of thiazole rings is 1. The predicted octanol–water partition coefficient (Wildman–Crippen LogP) is 4.35. The van der Waals surface area contributed by atoms with Crippen molar-refractivity contribution in [2.24, 2.45) is 5.92 Å². The quantitative estimate of drug-likeness (QED) is 0.847. The number of amides is 1. The number of piperidine rings is 2. The summed E-state index contributed by atoms with van der Waals surface area (Å²) in [5.74, 6) is 0.905. The molecule has 2 saturated carbocycles. The van der Waals surface area contributed by atoms with Crippen LogP contribution in [-0.4, -0.2) is 38.6 Å². The van der Waals surface area contributed by atoms with Crippen molar-refractivity contribution in [3.05, 3.63) is 28.2 Å². The first-order valence-corrected chi connectivity index (χ1v) is 10.7. The Kier molecular flexibility index (Phi) is 3.86. The number of fused-ring (bicyclic) bond motifs is 1. The lowest BCUT2D eigenvalue weighted by atomic mass is 9.61. The fourth-order valence-electron chi connectivity index (χ4n) is 5.59. The zero-order valence-electron chi connectivity index (χ0n) is 14.8. The van der Waals surface area contributed by atoms with Gasteiger partial charge in [0.2, 0.25) is 5.91 Å². The molecule has 0 radical (unpaired) electrons. The van der Waals surface area contributed by atoms with Crippen molar-refractivity contribution in [2.45, 2.75) is 69.1 Å². The normalized spacial score (nSPS) is 33.8. The molecule has 6 heteroatoms. The fourth-order valence-corrected chi connectivity index (χ4v) is 6.91. The van der Waals surface area contributed by atoms with E-state index in [9.17, 15) is 9.90 Å². The lowest BCUT2D eigenvalue weighted by Crippen LogP contribution is -2.65. The average Bonchev–Trinajstić information content (AvgIpc) is 2.98. The molecule has 2 aliphatic heterocycles. The Bertz CT molecular complexity index is 866. The number of benzene rings is 1. The third kappa shape index (κ3) is 2.67. The van der Waals surface area contributed by atoms with E-state index in [1.165, 1.54) is 0 Å². The molecule has 0 spiro atoms. The monoisotopic (exact) mass is 390 g/mol. The van der Waals surface area contributed by atoms with Crippen molar-refractivity contribution in [3.8, 4) is 0 Å². The maximum Gasteiger partial charge on any atom is 0.223 e. The van der Waals surface area contributed by atoms with Gasteiger partial charge >= 0.3 is 0 Å². The Hall–Kier alpha value is -1.17. The second-order valence-electron chi connectivity index (χ2n) is 8.53. The number of hydrogen-bond donors (Lipinski definition) is 1. The van der Waals surface area contributed by atoms with E-state index in [0.717, 1.165) is 47.3 Å². The van der Waals surface area contributed by atoms with Crippen LogP contribution in [0.2, 0.25) is 5.02 Å². The summed E-state index contributed by atoms with van der Waals surface area (Å²) >= 11 is 7.87. The lowest BCUT2D eigenvalue weighted by Gasteiger charge is -2.59. The van der Waals surface area contributed by atoms with Gasteiger partial charge in [0.1, 0.15) is 5.52 Å². The first-order valence-electron chi connectivity index (χ1n) is 9.50. The Morgan fingerprint density at radius 1 is 1.38 bits per heavy atom. The van der Waals surface area contributed by atoms with Crippen LogP contribution >= 0.6 is 22.9 Å². The number of rotatable bonds is 3. The molecule has 4 aliphatic rings. The standard InChI is InChI=1S/C20H23ClN2O2S/c1-11(19-22-18-15(21)3-2-4-16(18)26-19)5-17(24)23-13-6-12-7-14(23)10-20(25,8-12)9-13/h2-4,11-14,25H,5-10H2,1H3. The molecule has 6 rings (SSSR count). The average molecular weight is 391 g/mol. The van der Waals surface area contributed by atoms with E-state index >= 15 is 0 Å². The van der Waals surface area contributed by atoms with Crippen LogP contribution in [0, 0.1) is 5.92 Å². The number of hydrogen-bond acceptors (Lipinski definition) is 4. The molecule has 2 saturated heterocycles.